The first-order valence-electron chi connectivity index (χ1n) is 11.0. The molecular weight excluding hydrogens is 466 g/mol. The van der Waals surface area contributed by atoms with Crippen molar-refractivity contribution < 1.29 is 22.7 Å². The number of nitrogens with zero attached hydrogens (tertiary/aromatic N) is 2. The highest BCUT2D eigenvalue weighted by Gasteiger charge is 2.28. The summed E-state index contributed by atoms with van der Waals surface area (Å²) in [5.74, 6) is 0.396. The van der Waals surface area contributed by atoms with Crippen molar-refractivity contribution in [3.05, 3.63) is 83.4 Å². The molecule has 0 aliphatic carbocycles. The normalized spacial score (nSPS) is 11.3. The van der Waals surface area contributed by atoms with Crippen molar-refractivity contribution in [2.24, 2.45) is 5.10 Å². The first kappa shape index (κ1) is 25.8. The molecule has 0 aliphatic heterocycles. The fourth-order valence-electron chi connectivity index (χ4n) is 3.54. The van der Waals surface area contributed by atoms with E-state index in [1.54, 1.807) is 42.5 Å². The summed E-state index contributed by atoms with van der Waals surface area (Å²) >= 11 is 0. The standard InChI is InChI=1S/C26H29N3O5S/c1-5-20-9-6-7-11-23(20)29(35(31,32)22-15-13-19(2)14-16-22)18-25(30)28-27-17-21-10-8-12-24(33-3)26(21)34-4/h6-17H,5,18H2,1-4H3,(H,28,30)/b27-17-. The minimum atomic E-state index is -4.01. The molecule has 0 bridgehead atoms. The van der Waals surface area contributed by atoms with Gasteiger partial charge in [-0.3, -0.25) is 9.10 Å². The number of benzene rings is 3. The van der Waals surface area contributed by atoms with Gasteiger partial charge in [0.1, 0.15) is 6.54 Å². The molecule has 184 valence electrons. The molecule has 0 unspecified atom stereocenters. The summed E-state index contributed by atoms with van der Waals surface area (Å²) in [7, 11) is -0.979. The van der Waals surface area contributed by atoms with E-state index in [0.717, 1.165) is 15.4 Å². The Kier molecular flexibility index (Phi) is 8.48. The van der Waals surface area contributed by atoms with Gasteiger partial charge in [-0.25, -0.2) is 13.8 Å². The van der Waals surface area contributed by atoms with Gasteiger partial charge in [-0.2, -0.15) is 5.10 Å². The highest BCUT2D eigenvalue weighted by molar-refractivity contribution is 7.92. The Balaban J connectivity index is 1.89. The van der Waals surface area contributed by atoms with Crippen LogP contribution in [0.1, 0.15) is 23.6 Å². The number of ether oxygens (including phenoxy) is 2. The molecule has 1 N–H and O–H groups in total. The van der Waals surface area contributed by atoms with Gasteiger partial charge in [0.2, 0.25) is 0 Å². The number of aryl methyl sites for hydroxylation is 2. The van der Waals surface area contributed by atoms with E-state index in [2.05, 4.69) is 10.5 Å². The molecule has 0 aromatic heterocycles. The van der Waals surface area contributed by atoms with Gasteiger partial charge in [-0.05, 0) is 49.2 Å². The number of carbonyl (C=O) groups is 1. The van der Waals surface area contributed by atoms with E-state index in [0.29, 0.717) is 29.2 Å². The highest BCUT2D eigenvalue weighted by atomic mass is 32.2. The van der Waals surface area contributed by atoms with E-state index >= 15 is 0 Å². The second-order valence-corrected chi connectivity index (χ2v) is 9.55. The Labute approximate surface area is 206 Å². The van der Waals surface area contributed by atoms with Gasteiger partial charge in [-0.15, -0.1) is 0 Å². The van der Waals surface area contributed by atoms with Crippen LogP contribution in [0.5, 0.6) is 11.5 Å². The monoisotopic (exact) mass is 495 g/mol. The fraction of sp³-hybridized carbons (Fsp3) is 0.231. The highest BCUT2D eigenvalue weighted by Crippen LogP contribution is 2.30. The summed E-state index contributed by atoms with van der Waals surface area (Å²) in [4.78, 5) is 12.9. The number of hydrogen-bond acceptors (Lipinski definition) is 6. The smallest absolute Gasteiger partial charge is 0.264 e. The van der Waals surface area contributed by atoms with Crippen LogP contribution in [0.3, 0.4) is 0 Å². The lowest BCUT2D eigenvalue weighted by molar-refractivity contribution is -0.119. The SMILES string of the molecule is CCc1ccccc1N(CC(=O)N/N=C\c1cccc(OC)c1OC)S(=O)(=O)c1ccc(C)cc1. The molecule has 0 aliphatic rings. The van der Waals surface area contributed by atoms with Gasteiger partial charge >= 0.3 is 0 Å². The van der Waals surface area contributed by atoms with Crippen LogP contribution < -0.4 is 19.2 Å². The lowest BCUT2D eigenvalue weighted by Gasteiger charge is -2.25. The average Bonchev–Trinajstić information content (AvgIpc) is 2.87. The van der Waals surface area contributed by atoms with Crippen LogP contribution in [0.4, 0.5) is 5.69 Å². The van der Waals surface area contributed by atoms with Gasteiger partial charge in [0, 0.05) is 5.56 Å². The Hall–Kier alpha value is -3.85. The maximum atomic E-state index is 13.6. The van der Waals surface area contributed by atoms with E-state index in [-0.39, 0.29) is 4.90 Å². The molecule has 35 heavy (non-hydrogen) atoms. The third kappa shape index (κ3) is 5.99. The molecule has 3 rings (SSSR count). The number of sulfonamides is 1. The van der Waals surface area contributed by atoms with Crippen molar-refractivity contribution in [2.45, 2.75) is 25.2 Å². The summed E-state index contributed by atoms with van der Waals surface area (Å²) < 4.78 is 38.9. The van der Waals surface area contributed by atoms with Crippen LogP contribution in [0.25, 0.3) is 0 Å². The zero-order valence-corrected chi connectivity index (χ0v) is 21.0. The van der Waals surface area contributed by atoms with E-state index in [4.69, 9.17) is 9.47 Å². The van der Waals surface area contributed by atoms with Crippen molar-refractivity contribution in [3.63, 3.8) is 0 Å². The first-order valence-corrected chi connectivity index (χ1v) is 12.5. The molecule has 0 saturated carbocycles. The zero-order valence-electron chi connectivity index (χ0n) is 20.2. The van der Waals surface area contributed by atoms with Gasteiger partial charge in [0.25, 0.3) is 15.9 Å². The number of carbonyl (C=O) groups excluding carboxylic acids is 1. The van der Waals surface area contributed by atoms with Crippen LogP contribution in [0.2, 0.25) is 0 Å². The van der Waals surface area contributed by atoms with Gasteiger partial charge in [0.15, 0.2) is 11.5 Å². The van der Waals surface area contributed by atoms with E-state index in [1.807, 2.05) is 26.0 Å². The van der Waals surface area contributed by atoms with Crippen molar-refractivity contribution in [3.8, 4) is 11.5 Å². The zero-order chi connectivity index (χ0) is 25.4. The first-order chi connectivity index (χ1) is 16.8. The minimum absolute atomic E-state index is 0.103. The number of hydrazone groups is 1. The second-order valence-electron chi connectivity index (χ2n) is 7.68. The third-order valence-electron chi connectivity index (χ3n) is 5.36. The Morgan fingerprint density at radius 3 is 2.37 bits per heavy atom. The molecule has 0 atom stereocenters. The number of hydrogen-bond donors (Lipinski definition) is 1. The van der Waals surface area contributed by atoms with Crippen molar-refractivity contribution >= 4 is 27.8 Å². The molecule has 0 radical (unpaired) electrons. The van der Waals surface area contributed by atoms with E-state index in [1.165, 1.54) is 32.6 Å². The van der Waals surface area contributed by atoms with Crippen LogP contribution in [-0.4, -0.2) is 41.3 Å². The molecule has 0 spiro atoms. The summed E-state index contributed by atoms with van der Waals surface area (Å²) in [6, 6.07) is 18.9. The molecule has 3 aromatic carbocycles. The summed E-state index contributed by atoms with van der Waals surface area (Å²) in [6.45, 7) is 3.37. The van der Waals surface area contributed by atoms with E-state index in [9.17, 15) is 13.2 Å². The number of methoxy groups -OCH3 is 2. The van der Waals surface area contributed by atoms with Gasteiger partial charge in [0.05, 0.1) is 31.0 Å². The molecule has 0 saturated heterocycles. The predicted octanol–water partition coefficient (Wildman–Crippen LogP) is 3.92. The molecular formula is C26H29N3O5S. The maximum absolute atomic E-state index is 13.6. The van der Waals surface area contributed by atoms with Gasteiger partial charge < -0.3 is 9.47 Å². The van der Waals surface area contributed by atoms with Gasteiger partial charge in [-0.1, -0.05) is 48.9 Å². The Morgan fingerprint density at radius 1 is 1.00 bits per heavy atom. The largest absolute Gasteiger partial charge is 0.493 e. The lowest BCUT2D eigenvalue weighted by Crippen LogP contribution is -2.40. The van der Waals surface area contributed by atoms with Crippen LogP contribution in [0, 0.1) is 6.92 Å². The van der Waals surface area contributed by atoms with Crippen molar-refractivity contribution in [1.29, 1.82) is 0 Å². The van der Waals surface area contributed by atoms with Crippen LogP contribution >= 0.6 is 0 Å². The molecule has 8 nitrogen and oxygen atoms in total. The van der Waals surface area contributed by atoms with Crippen molar-refractivity contribution in [2.75, 3.05) is 25.1 Å². The number of nitrogens with one attached hydrogen (secondary N) is 1. The third-order valence-corrected chi connectivity index (χ3v) is 7.14. The number of anilines is 1. The minimum Gasteiger partial charge on any atom is -0.493 e. The summed E-state index contributed by atoms with van der Waals surface area (Å²) in [5, 5.41) is 4.00. The van der Waals surface area contributed by atoms with Crippen LogP contribution in [-0.2, 0) is 21.2 Å². The Bertz CT molecular complexity index is 1300. The molecule has 0 fully saturated rings. The molecule has 1 amide bonds. The number of amides is 1. The second kappa shape index (κ2) is 11.5. The molecule has 3 aromatic rings. The average molecular weight is 496 g/mol. The maximum Gasteiger partial charge on any atom is 0.264 e. The predicted molar refractivity (Wildman–Crippen MR) is 137 cm³/mol. The van der Waals surface area contributed by atoms with Crippen molar-refractivity contribution in [1.82, 2.24) is 5.43 Å². The number of para-hydroxylation sites is 2. The molecule has 0 heterocycles. The van der Waals surface area contributed by atoms with Crippen LogP contribution in [0.15, 0.2) is 76.7 Å². The topological polar surface area (TPSA) is 97.3 Å². The molecule has 9 heteroatoms. The number of rotatable bonds is 10. The van der Waals surface area contributed by atoms with E-state index < -0.39 is 22.5 Å². The lowest BCUT2D eigenvalue weighted by atomic mass is 10.1. The summed E-state index contributed by atoms with van der Waals surface area (Å²) in [5.41, 5.74) is 5.20. The quantitative estimate of drug-likeness (QED) is 0.340. The summed E-state index contributed by atoms with van der Waals surface area (Å²) in [6.07, 6.45) is 2.02. The fourth-order valence-corrected chi connectivity index (χ4v) is 5.00. The Morgan fingerprint density at radius 2 is 1.71 bits per heavy atom.